The van der Waals surface area contributed by atoms with Crippen molar-refractivity contribution in [3.8, 4) is 5.75 Å². The van der Waals surface area contributed by atoms with Crippen molar-refractivity contribution in [2.24, 2.45) is 11.8 Å². The summed E-state index contributed by atoms with van der Waals surface area (Å²) in [6, 6.07) is 14.3. The van der Waals surface area contributed by atoms with Crippen molar-refractivity contribution in [1.29, 1.82) is 0 Å². The Balaban J connectivity index is 1.49. The largest absolute Gasteiger partial charge is 0.482 e. The van der Waals surface area contributed by atoms with Crippen LogP contribution in [0, 0.1) is 11.8 Å². The highest BCUT2D eigenvalue weighted by Crippen LogP contribution is 2.36. The van der Waals surface area contributed by atoms with Gasteiger partial charge in [0.1, 0.15) is 12.3 Å². The van der Waals surface area contributed by atoms with Gasteiger partial charge in [-0.3, -0.25) is 14.5 Å². The van der Waals surface area contributed by atoms with Gasteiger partial charge in [0.05, 0.1) is 10.6 Å². The number of carbonyl (C=O) groups is 2. The monoisotopic (exact) mass is 485 g/mol. The van der Waals surface area contributed by atoms with Crippen molar-refractivity contribution in [2.75, 3.05) is 37.7 Å². The molecule has 2 aromatic carbocycles. The van der Waals surface area contributed by atoms with Gasteiger partial charge in [0.15, 0.2) is 6.61 Å². The fourth-order valence-corrected chi connectivity index (χ4v) is 6.36. The number of anilines is 1. The molecule has 1 N–H and O–H groups in total. The third-order valence-corrected chi connectivity index (χ3v) is 8.05. The minimum Gasteiger partial charge on any atom is -0.482 e. The van der Waals surface area contributed by atoms with Crippen LogP contribution in [0.1, 0.15) is 25.8 Å². The van der Waals surface area contributed by atoms with Gasteiger partial charge in [0.25, 0.3) is 5.91 Å². The van der Waals surface area contributed by atoms with Crippen molar-refractivity contribution in [2.45, 2.75) is 31.6 Å². The minimum absolute atomic E-state index is 0.0975. The topological polar surface area (TPSA) is 96.0 Å². The Morgan fingerprint density at radius 1 is 1.09 bits per heavy atom. The average molecular weight is 486 g/mol. The molecule has 182 valence electrons. The fraction of sp³-hybridized carbons (Fsp3) is 0.440. The SMILES string of the molecule is C[C@@H]1C[C@@H](C)CN(S(=O)(=O)c2ccc3c(c2)N(CC(=O)NCCc2ccccc2)C(=O)CO3)C1. The van der Waals surface area contributed by atoms with Crippen LogP contribution in [-0.2, 0) is 26.0 Å². The lowest BCUT2D eigenvalue weighted by Crippen LogP contribution is -2.45. The van der Waals surface area contributed by atoms with Crippen molar-refractivity contribution in [3.05, 3.63) is 54.1 Å². The zero-order valence-electron chi connectivity index (χ0n) is 19.6. The molecule has 0 aromatic heterocycles. The van der Waals surface area contributed by atoms with Gasteiger partial charge in [0.2, 0.25) is 15.9 Å². The molecule has 0 unspecified atom stereocenters. The van der Waals surface area contributed by atoms with E-state index >= 15 is 0 Å². The number of fused-ring (bicyclic) bond motifs is 1. The lowest BCUT2D eigenvalue weighted by molar-refractivity contribution is -0.125. The summed E-state index contributed by atoms with van der Waals surface area (Å²) in [6.07, 6.45) is 1.67. The van der Waals surface area contributed by atoms with Gasteiger partial charge in [-0.05, 0) is 48.4 Å². The number of hydrogen-bond acceptors (Lipinski definition) is 5. The molecule has 2 heterocycles. The highest BCUT2D eigenvalue weighted by Gasteiger charge is 2.34. The van der Waals surface area contributed by atoms with E-state index in [1.54, 1.807) is 6.07 Å². The van der Waals surface area contributed by atoms with Crippen LogP contribution in [0.25, 0.3) is 0 Å². The first-order valence-electron chi connectivity index (χ1n) is 11.6. The van der Waals surface area contributed by atoms with Crippen molar-refractivity contribution < 1.29 is 22.7 Å². The zero-order chi connectivity index (χ0) is 24.3. The van der Waals surface area contributed by atoms with Gasteiger partial charge in [-0.1, -0.05) is 44.2 Å². The standard InChI is InChI=1S/C25H31N3O5S/c1-18-12-19(2)15-27(14-18)34(31,32)21-8-9-23-22(13-21)28(25(30)17-33-23)16-24(29)26-11-10-20-6-4-3-5-7-20/h3-9,13,18-19H,10-12,14-17H2,1-2H3,(H,26,29)/t18-,19-/m1/s1. The van der Waals surface area contributed by atoms with Crippen LogP contribution in [0.3, 0.4) is 0 Å². The number of nitrogens with one attached hydrogen (secondary N) is 1. The van der Waals surface area contributed by atoms with Crippen LogP contribution in [0.15, 0.2) is 53.4 Å². The van der Waals surface area contributed by atoms with Gasteiger partial charge in [-0.25, -0.2) is 8.42 Å². The van der Waals surface area contributed by atoms with Crippen LogP contribution in [0.4, 0.5) is 5.69 Å². The maximum absolute atomic E-state index is 13.4. The molecule has 2 aliphatic rings. The first-order valence-corrected chi connectivity index (χ1v) is 13.1. The van der Waals surface area contributed by atoms with Crippen LogP contribution in [0.2, 0.25) is 0 Å². The first kappa shape index (κ1) is 24.2. The molecule has 0 radical (unpaired) electrons. The van der Waals surface area contributed by atoms with Gasteiger partial charge in [-0.15, -0.1) is 0 Å². The second-order valence-electron chi connectivity index (χ2n) is 9.25. The van der Waals surface area contributed by atoms with Crippen LogP contribution >= 0.6 is 0 Å². The van der Waals surface area contributed by atoms with Gasteiger partial charge in [-0.2, -0.15) is 4.31 Å². The summed E-state index contributed by atoms with van der Waals surface area (Å²) in [4.78, 5) is 26.6. The number of hydrogen-bond donors (Lipinski definition) is 1. The molecule has 8 nitrogen and oxygen atoms in total. The quantitative estimate of drug-likeness (QED) is 0.650. The van der Waals surface area contributed by atoms with E-state index in [1.807, 2.05) is 30.3 Å². The van der Waals surface area contributed by atoms with Gasteiger partial charge < -0.3 is 10.1 Å². The van der Waals surface area contributed by atoms with E-state index in [0.717, 1.165) is 12.0 Å². The lowest BCUT2D eigenvalue weighted by Gasteiger charge is -2.34. The summed E-state index contributed by atoms with van der Waals surface area (Å²) < 4.78 is 33.7. The average Bonchev–Trinajstić information content (AvgIpc) is 2.80. The van der Waals surface area contributed by atoms with E-state index in [-0.39, 0.29) is 41.7 Å². The molecule has 2 aliphatic heterocycles. The fourth-order valence-electron chi connectivity index (χ4n) is 4.66. The predicted molar refractivity (Wildman–Crippen MR) is 129 cm³/mol. The van der Waals surface area contributed by atoms with Crippen molar-refractivity contribution >= 4 is 27.5 Å². The Labute approximate surface area is 200 Å². The van der Waals surface area contributed by atoms with Gasteiger partial charge in [0, 0.05) is 19.6 Å². The Bertz CT molecular complexity index is 1140. The van der Waals surface area contributed by atoms with E-state index in [4.69, 9.17) is 4.74 Å². The molecule has 0 bridgehead atoms. The predicted octanol–water partition coefficient (Wildman–Crippen LogP) is 2.44. The van der Waals surface area contributed by atoms with Crippen LogP contribution in [-0.4, -0.2) is 57.3 Å². The van der Waals surface area contributed by atoms with E-state index < -0.39 is 10.0 Å². The number of piperidine rings is 1. The van der Waals surface area contributed by atoms with Crippen molar-refractivity contribution in [1.82, 2.24) is 9.62 Å². The zero-order valence-corrected chi connectivity index (χ0v) is 20.4. The molecule has 0 aliphatic carbocycles. The molecule has 9 heteroatoms. The molecular formula is C25H31N3O5S. The highest BCUT2D eigenvalue weighted by molar-refractivity contribution is 7.89. The summed E-state index contributed by atoms with van der Waals surface area (Å²) in [7, 11) is -3.74. The van der Waals surface area contributed by atoms with Crippen LogP contribution < -0.4 is 15.0 Å². The summed E-state index contributed by atoms with van der Waals surface area (Å²) in [6.45, 7) is 5.07. The summed E-state index contributed by atoms with van der Waals surface area (Å²) >= 11 is 0. The number of ether oxygens (including phenoxy) is 1. The minimum atomic E-state index is -3.74. The number of benzene rings is 2. The number of carbonyl (C=O) groups excluding carboxylic acids is 2. The molecule has 1 fully saturated rings. The Kier molecular flexibility index (Phi) is 7.23. The molecule has 2 amide bonds. The first-order chi connectivity index (χ1) is 16.2. The van der Waals surface area contributed by atoms with E-state index in [2.05, 4.69) is 19.2 Å². The normalized spacial score (nSPS) is 21.0. The number of sulfonamides is 1. The van der Waals surface area contributed by atoms with E-state index in [0.29, 0.717) is 37.5 Å². The summed E-state index contributed by atoms with van der Waals surface area (Å²) in [5.74, 6) is 0.231. The molecule has 2 aromatic rings. The number of nitrogens with zero attached hydrogens (tertiary/aromatic N) is 2. The summed E-state index contributed by atoms with van der Waals surface area (Å²) in [5, 5.41) is 2.84. The maximum Gasteiger partial charge on any atom is 0.265 e. The maximum atomic E-state index is 13.4. The molecule has 1 saturated heterocycles. The molecular weight excluding hydrogens is 454 g/mol. The van der Waals surface area contributed by atoms with Gasteiger partial charge >= 0.3 is 0 Å². The van der Waals surface area contributed by atoms with E-state index in [1.165, 1.54) is 21.3 Å². The lowest BCUT2D eigenvalue weighted by atomic mass is 9.94. The smallest absolute Gasteiger partial charge is 0.265 e. The summed E-state index contributed by atoms with van der Waals surface area (Å²) in [5.41, 5.74) is 1.40. The van der Waals surface area contributed by atoms with E-state index in [9.17, 15) is 18.0 Å². The molecule has 2 atom stereocenters. The Hall–Kier alpha value is -2.91. The molecule has 34 heavy (non-hydrogen) atoms. The third kappa shape index (κ3) is 5.42. The Morgan fingerprint density at radius 3 is 2.50 bits per heavy atom. The molecule has 0 saturated carbocycles. The molecule has 4 rings (SSSR count). The second-order valence-corrected chi connectivity index (χ2v) is 11.2. The van der Waals surface area contributed by atoms with Crippen LogP contribution in [0.5, 0.6) is 5.75 Å². The second kappa shape index (κ2) is 10.1. The third-order valence-electron chi connectivity index (χ3n) is 6.23. The number of amides is 2. The molecule has 0 spiro atoms. The van der Waals surface area contributed by atoms with Crippen molar-refractivity contribution in [3.63, 3.8) is 0 Å². The highest BCUT2D eigenvalue weighted by atomic mass is 32.2. The Morgan fingerprint density at radius 2 is 1.79 bits per heavy atom. The number of rotatable bonds is 7.